The van der Waals surface area contributed by atoms with E-state index in [-0.39, 0.29) is 11.0 Å². The minimum atomic E-state index is -1.64. The van der Waals surface area contributed by atoms with E-state index in [2.05, 4.69) is 23.9 Å². The highest BCUT2D eigenvalue weighted by Gasteiger charge is 2.29. The zero-order valence-electron chi connectivity index (χ0n) is 15.5. The monoisotopic (exact) mass is 392 g/mol. The van der Waals surface area contributed by atoms with Gasteiger partial charge in [-0.2, -0.15) is 0 Å². The van der Waals surface area contributed by atoms with Crippen molar-refractivity contribution in [2.24, 2.45) is 5.41 Å². The second kappa shape index (κ2) is 6.80. The van der Waals surface area contributed by atoms with E-state index in [0.717, 1.165) is 10.8 Å². The van der Waals surface area contributed by atoms with E-state index in [0.29, 0.717) is 16.2 Å². The van der Waals surface area contributed by atoms with Crippen LogP contribution in [0.1, 0.15) is 19.4 Å². The summed E-state index contributed by atoms with van der Waals surface area (Å²) in [5, 5.41) is 15.0. The lowest BCUT2D eigenvalue weighted by Crippen LogP contribution is -2.31. The summed E-state index contributed by atoms with van der Waals surface area (Å²) < 4.78 is 14.9. The molecule has 2 aromatic rings. The van der Waals surface area contributed by atoms with Gasteiger partial charge in [-0.25, -0.2) is 4.21 Å². The van der Waals surface area contributed by atoms with E-state index in [4.69, 9.17) is 0 Å². The van der Waals surface area contributed by atoms with Crippen LogP contribution >= 0.6 is 0 Å². The molecule has 2 aliphatic rings. The zero-order chi connectivity index (χ0) is 19.9. The maximum absolute atomic E-state index is 13.0. The standard InChI is InChI=1S/C22H20N2O3S/c1-22(2)10-5-8-16(9-11-22)23-20(25)19-17-12-14-6-3-4-7-15(14)13-18(17)28(27)24-21(19)26/h3-13,24,26H,1-2H3,(H,23,25). The first-order valence-electron chi connectivity index (χ1n) is 8.89. The Kier molecular flexibility index (Phi) is 4.43. The third kappa shape index (κ3) is 3.39. The topological polar surface area (TPSA) is 78.4 Å². The Bertz CT molecular complexity index is 1140. The van der Waals surface area contributed by atoms with Crippen LogP contribution in [0.2, 0.25) is 0 Å². The number of carbonyl (C=O) groups excluding carboxylic acids is 1. The highest BCUT2D eigenvalue weighted by atomic mass is 32.2. The fourth-order valence-corrected chi connectivity index (χ4v) is 4.19. The van der Waals surface area contributed by atoms with Crippen LogP contribution in [-0.2, 0) is 15.8 Å². The summed E-state index contributed by atoms with van der Waals surface area (Å²) in [4.78, 5) is 13.5. The van der Waals surface area contributed by atoms with E-state index in [1.807, 2.05) is 48.6 Å². The summed E-state index contributed by atoms with van der Waals surface area (Å²) >= 11 is 0. The highest BCUT2D eigenvalue weighted by Crippen LogP contribution is 2.32. The minimum Gasteiger partial charge on any atom is -0.494 e. The summed E-state index contributed by atoms with van der Waals surface area (Å²) in [6.07, 6.45) is 9.56. The summed E-state index contributed by atoms with van der Waals surface area (Å²) in [6, 6.07) is 11.2. The summed E-state index contributed by atoms with van der Waals surface area (Å²) in [7, 11) is -1.64. The van der Waals surface area contributed by atoms with Crippen molar-refractivity contribution in [1.82, 2.24) is 10.0 Å². The van der Waals surface area contributed by atoms with E-state index >= 15 is 0 Å². The lowest BCUT2D eigenvalue weighted by molar-refractivity contribution is -0.115. The molecule has 142 valence electrons. The first-order chi connectivity index (χ1) is 13.3. The number of rotatable bonds is 2. The molecule has 4 rings (SSSR count). The molecule has 0 spiro atoms. The van der Waals surface area contributed by atoms with Crippen molar-refractivity contribution in [3.63, 3.8) is 0 Å². The molecule has 1 aliphatic carbocycles. The first-order valence-corrected chi connectivity index (χ1v) is 10.0. The Morgan fingerprint density at radius 1 is 1.14 bits per heavy atom. The number of carbonyl (C=O) groups is 1. The molecular formula is C22H20N2O3S. The van der Waals surface area contributed by atoms with Crippen LogP contribution < -0.4 is 10.0 Å². The van der Waals surface area contributed by atoms with Crippen LogP contribution in [0, 0.1) is 5.41 Å². The molecule has 28 heavy (non-hydrogen) atoms. The predicted molar refractivity (Wildman–Crippen MR) is 111 cm³/mol. The molecule has 6 heteroatoms. The molecule has 0 radical (unpaired) electrons. The number of hydrogen-bond acceptors (Lipinski definition) is 3. The maximum atomic E-state index is 13.0. The average molecular weight is 392 g/mol. The molecule has 2 aromatic carbocycles. The number of aliphatic hydroxyl groups is 1. The summed E-state index contributed by atoms with van der Waals surface area (Å²) in [5.74, 6) is -0.866. The SMILES string of the molecule is CC1(C)C=CC=C(NC(=O)C2=C(O)NS(=O)c3cc4ccccc4cc32)C=C1. The van der Waals surface area contributed by atoms with Gasteiger partial charge in [-0.3, -0.25) is 9.52 Å². The lowest BCUT2D eigenvalue weighted by atomic mass is 9.93. The zero-order valence-corrected chi connectivity index (χ0v) is 16.3. The van der Waals surface area contributed by atoms with Gasteiger partial charge in [0.15, 0.2) is 11.0 Å². The number of nitrogens with one attached hydrogen (secondary N) is 2. The highest BCUT2D eigenvalue weighted by molar-refractivity contribution is 7.83. The fourth-order valence-electron chi connectivity index (χ4n) is 3.21. The molecule has 1 atom stereocenters. The minimum absolute atomic E-state index is 0.0714. The van der Waals surface area contributed by atoms with Gasteiger partial charge in [0.05, 0.1) is 4.90 Å². The van der Waals surface area contributed by atoms with Gasteiger partial charge < -0.3 is 10.4 Å². The van der Waals surface area contributed by atoms with E-state index < -0.39 is 22.8 Å². The number of benzene rings is 2. The molecule has 1 unspecified atom stereocenters. The summed E-state index contributed by atoms with van der Waals surface area (Å²) in [6.45, 7) is 4.13. The molecular weight excluding hydrogens is 372 g/mol. The molecule has 3 N–H and O–H groups in total. The van der Waals surface area contributed by atoms with Crippen LogP contribution in [0.25, 0.3) is 16.3 Å². The molecule has 1 aliphatic heterocycles. The molecule has 0 fully saturated rings. The van der Waals surface area contributed by atoms with Gasteiger partial charge in [0.1, 0.15) is 5.57 Å². The number of aliphatic hydroxyl groups excluding tert-OH is 1. The number of amides is 1. The normalized spacial score (nSPS) is 20.2. The summed E-state index contributed by atoms with van der Waals surface area (Å²) in [5.41, 5.74) is 1.03. The van der Waals surface area contributed by atoms with Crippen LogP contribution in [-0.4, -0.2) is 15.2 Å². The smallest absolute Gasteiger partial charge is 0.261 e. The maximum Gasteiger partial charge on any atom is 0.261 e. The van der Waals surface area contributed by atoms with Crippen LogP contribution in [0.4, 0.5) is 0 Å². The predicted octanol–water partition coefficient (Wildman–Crippen LogP) is 3.84. The van der Waals surface area contributed by atoms with Crippen LogP contribution in [0.5, 0.6) is 0 Å². The van der Waals surface area contributed by atoms with E-state index in [1.165, 1.54) is 0 Å². The van der Waals surface area contributed by atoms with Crippen molar-refractivity contribution >= 4 is 33.2 Å². The number of hydrogen-bond donors (Lipinski definition) is 3. The molecule has 0 bridgehead atoms. The number of fused-ring (bicyclic) bond motifs is 2. The fraction of sp³-hybridized carbons (Fsp3) is 0.136. The van der Waals surface area contributed by atoms with Gasteiger partial charge in [-0.15, -0.1) is 0 Å². The first kappa shape index (κ1) is 18.3. The van der Waals surface area contributed by atoms with Crippen LogP contribution in [0.15, 0.2) is 83.3 Å². The lowest BCUT2D eigenvalue weighted by Gasteiger charge is -2.21. The molecule has 1 amide bonds. The molecule has 5 nitrogen and oxygen atoms in total. The Labute approximate surface area is 165 Å². The van der Waals surface area contributed by atoms with Crippen molar-refractivity contribution in [3.8, 4) is 0 Å². The third-order valence-electron chi connectivity index (χ3n) is 4.72. The van der Waals surface area contributed by atoms with Gasteiger partial charge in [0, 0.05) is 16.7 Å². The average Bonchev–Trinajstić information content (AvgIpc) is 2.81. The largest absolute Gasteiger partial charge is 0.494 e. The van der Waals surface area contributed by atoms with Crippen molar-refractivity contribution in [2.75, 3.05) is 0 Å². The third-order valence-corrected chi connectivity index (χ3v) is 5.84. The van der Waals surface area contributed by atoms with Gasteiger partial charge in [-0.1, -0.05) is 56.3 Å². The van der Waals surface area contributed by atoms with Gasteiger partial charge in [0.2, 0.25) is 5.88 Å². The Morgan fingerprint density at radius 3 is 2.61 bits per heavy atom. The van der Waals surface area contributed by atoms with E-state index in [1.54, 1.807) is 18.2 Å². The second-order valence-corrected chi connectivity index (χ2v) is 8.56. The molecule has 1 heterocycles. The second-order valence-electron chi connectivity index (χ2n) is 7.38. The molecule has 0 aromatic heterocycles. The Balaban J connectivity index is 1.74. The van der Waals surface area contributed by atoms with Crippen molar-refractivity contribution in [3.05, 3.63) is 83.9 Å². The van der Waals surface area contributed by atoms with Crippen molar-refractivity contribution in [2.45, 2.75) is 18.7 Å². The van der Waals surface area contributed by atoms with Gasteiger partial charge in [-0.05, 0) is 35.1 Å². The van der Waals surface area contributed by atoms with Gasteiger partial charge in [0.25, 0.3) is 5.91 Å². The Morgan fingerprint density at radius 2 is 1.86 bits per heavy atom. The quantitative estimate of drug-likeness (QED) is 0.727. The number of allylic oxidation sites excluding steroid dienone is 5. The van der Waals surface area contributed by atoms with Crippen LogP contribution in [0.3, 0.4) is 0 Å². The molecule has 0 saturated heterocycles. The van der Waals surface area contributed by atoms with Crippen molar-refractivity contribution < 1.29 is 14.1 Å². The van der Waals surface area contributed by atoms with Gasteiger partial charge >= 0.3 is 0 Å². The molecule has 0 saturated carbocycles. The van der Waals surface area contributed by atoms with E-state index in [9.17, 15) is 14.1 Å². The van der Waals surface area contributed by atoms with Crippen molar-refractivity contribution in [1.29, 1.82) is 0 Å². The Hall–Kier alpha value is -3.12.